The van der Waals surface area contributed by atoms with Gasteiger partial charge in [-0.2, -0.15) is 0 Å². The van der Waals surface area contributed by atoms with Gasteiger partial charge in [0, 0.05) is 0 Å². The van der Waals surface area contributed by atoms with Crippen molar-refractivity contribution >= 4 is 5.91 Å². The molecule has 1 heterocycles. The first-order valence-corrected chi connectivity index (χ1v) is 21.5. The first-order chi connectivity index (χ1) is 25.3. The number of rotatable bonds is 35. The van der Waals surface area contributed by atoms with Crippen molar-refractivity contribution in [3.05, 3.63) is 12.2 Å². The smallest absolute Gasteiger partial charge is 0.249 e. The Kier molecular flexibility index (Phi) is 31.3. The first-order valence-electron chi connectivity index (χ1n) is 21.5. The fourth-order valence-electron chi connectivity index (χ4n) is 6.87. The van der Waals surface area contributed by atoms with Gasteiger partial charge < -0.3 is 45.4 Å². The van der Waals surface area contributed by atoms with Crippen molar-refractivity contribution in [2.24, 2.45) is 0 Å². The summed E-state index contributed by atoms with van der Waals surface area (Å²) in [5, 5.41) is 64.5. The van der Waals surface area contributed by atoms with E-state index in [9.17, 15) is 35.4 Å². The number of allylic oxidation sites excluding steroid dienone is 1. The van der Waals surface area contributed by atoms with Crippen LogP contribution in [0.4, 0.5) is 0 Å². The van der Waals surface area contributed by atoms with Crippen LogP contribution in [0.25, 0.3) is 0 Å². The second-order valence-electron chi connectivity index (χ2n) is 15.3. The van der Waals surface area contributed by atoms with Gasteiger partial charge in [0.2, 0.25) is 5.91 Å². The van der Waals surface area contributed by atoms with Gasteiger partial charge >= 0.3 is 0 Å². The van der Waals surface area contributed by atoms with E-state index >= 15 is 0 Å². The summed E-state index contributed by atoms with van der Waals surface area (Å²) < 4.78 is 11.1. The molecule has 1 amide bonds. The standard InChI is InChI=1S/C42H81NO9/c1-3-5-7-9-11-13-15-17-19-20-22-24-26-28-30-35(45)34(33-51-42-40(49)39(48)38(47)37(32-44)52-42)43-41(50)36(46)31-29-27-25-23-21-18-16-14-12-10-8-6-4-2/h28,30,34-40,42,44-49H,3-27,29,31-33H2,1-2H3,(H,43,50)/b30-28+. The van der Waals surface area contributed by atoms with Gasteiger partial charge in [-0.1, -0.05) is 180 Å². The van der Waals surface area contributed by atoms with Crippen molar-refractivity contribution in [2.75, 3.05) is 13.2 Å². The second-order valence-corrected chi connectivity index (χ2v) is 15.3. The molecule has 0 aromatic carbocycles. The molecule has 10 nitrogen and oxygen atoms in total. The minimum atomic E-state index is -1.61. The van der Waals surface area contributed by atoms with Gasteiger partial charge in [0.15, 0.2) is 6.29 Å². The van der Waals surface area contributed by atoms with E-state index in [1.54, 1.807) is 6.08 Å². The highest BCUT2D eigenvalue weighted by Gasteiger charge is 2.44. The van der Waals surface area contributed by atoms with E-state index in [4.69, 9.17) is 9.47 Å². The molecule has 8 unspecified atom stereocenters. The maximum absolute atomic E-state index is 13.0. The highest BCUT2D eigenvalue weighted by molar-refractivity contribution is 5.80. The molecule has 1 aliphatic rings. The summed E-state index contributed by atoms with van der Waals surface area (Å²) >= 11 is 0. The van der Waals surface area contributed by atoms with Crippen LogP contribution in [0.5, 0.6) is 0 Å². The molecule has 0 aromatic rings. The van der Waals surface area contributed by atoms with Gasteiger partial charge in [-0.15, -0.1) is 0 Å². The molecule has 0 aromatic heterocycles. The molecule has 1 aliphatic heterocycles. The molecule has 308 valence electrons. The predicted molar refractivity (Wildman–Crippen MR) is 209 cm³/mol. The van der Waals surface area contributed by atoms with Crippen molar-refractivity contribution in [3.63, 3.8) is 0 Å². The minimum absolute atomic E-state index is 0.302. The third-order valence-electron chi connectivity index (χ3n) is 10.5. The molecule has 0 saturated carbocycles. The summed E-state index contributed by atoms with van der Waals surface area (Å²) in [5.74, 6) is -0.616. The lowest BCUT2D eigenvalue weighted by Gasteiger charge is -2.40. The van der Waals surface area contributed by atoms with Crippen LogP contribution in [0.3, 0.4) is 0 Å². The summed E-state index contributed by atoms with van der Waals surface area (Å²) in [7, 11) is 0. The molecular weight excluding hydrogens is 662 g/mol. The summed E-state index contributed by atoms with van der Waals surface area (Å²) in [5.41, 5.74) is 0. The van der Waals surface area contributed by atoms with Crippen molar-refractivity contribution in [1.82, 2.24) is 5.32 Å². The maximum atomic E-state index is 13.0. The fourth-order valence-corrected chi connectivity index (χ4v) is 6.87. The van der Waals surface area contributed by atoms with Gasteiger partial charge in [0.1, 0.15) is 30.5 Å². The molecule has 52 heavy (non-hydrogen) atoms. The highest BCUT2D eigenvalue weighted by atomic mass is 16.7. The lowest BCUT2D eigenvalue weighted by atomic mass is 9.99. The van der Waals surface area contributed by atoms with Crippen LogP contribution in [-0.4, -0.2) is 98.7 Å². The number of aliphatic hydroxyl groups is 6. The van der Waals surface area contributed by atoms with Gasteiger partial charge in [-0.25, -0.2) is 0 Å². The van der Waals surface area contributed by atoms with Gasteiger partial charge in [-0.05, 0) is 19.3 Å². The largest absolute Gasteiger partial charge is 0.394 e. The van der Waals surface area contributed by atoms with Crippen LogP contribution < -0.4 is 5.32 Å². The third kappa shape index (κ3) is 23.6. The van der Waals surface area contributed by atoms with Gasteiger partial charge in [-0.3, -0.25) is 4.79 Å². The van der Waals surface area contributed by atoms with Gasteiger partial charge in [0.05, 0.1) is 25.4 Å². The normalized spacial score (nSPS) is 22.5. The average Bonchev–Trinajstić information content (AvgIpc) is 3.14. The number of nitrogens with one attached hydrogen (secondary N) is 1. The van der Waals surface area contributed by atoms with Crippen LogP contribution in [0.15, 0.2) is 12.2 Å². The second kappa shape index (κ2) is 33.2. The molecule has 0 aliphatic carbocycles. The topological polar surface area (TPSA) is 169 Å². The minimum Gasteiger partial charge on any atom is -0.394 e. The molecule has 0 bridgehead atoms. The average molecular weight is 744 g/mol. The van der Waals surface area contributed by atoms with E-state index in [0.29, 0.717) is 6.42 Å². The molecular formula is C42H81NO9. The Morgan fingerprint density at radius 2 is 1.10 bits per heavy atom. The summed E-state index contributed by atoms with van der Waals surface area (Å²) in [6, 6.07) is -0.973. The van der Waals surface area contributed by atoms with Crippen LogP contribution in [0, 0.1) is 0 Å². The number of ether oxygens (including phenoxy) is 2. The molecule has 8 atom stereocenters. The molecule has 0 radical (unpaired) electrons. The molecule has 10 heteroatoms. The zero-order valence-corrected chi connectivity index (χ0v) is 33.2. The summed E-state index contributed by atoms with van der Waals surface area (Å²) in [6.07, 6.45) is 25.8. The van der Waals surface area contributed by atoms with E-state index in [1.165, 1.54) is 122 Å². The van der Waals surface area contributed by atoms with Crippen molar-refractivity contribution in [3.8, 4) is 0 Å². The van der Waals surface area contributed by atoms with Gasteiger partial charge in [0.25, 0.3) is 0 Å². The number of carbonyl (C=O) groups excluding carboxylic acids is 1. The van der Waals surface area contributed by atoms with Crippen molar-refractivity contribution in [1.29, 1.82) is 0 Å². The number of unbranched alkanes of at least 4 members (excludes halogenated alkanes) is 24. The Morgan fingerprint density at radius 3 is 1.56 bits per heavy atom. The van der Waals surface area contributed by atoms with E-state index in [2.05, 4.69) is 19.2 Å². The SMILES string of the molecule is CCCCCCCCCCCCCC/C=C/C(O)C(COC1OC(CO)C(O)C(O)C1O)NC(=O)C(O)CCCCCCCCCCCCCCC. The molecule has 0 spiro atoms. The number of hydrogen-bond acceptors (Lipinski definition) is 9. The van der Waals surface area contributed by atoms with Crippen molar-refractivity contribution < 1.29 is 44.9 Å². The lowest BCUT2D eigenvalue weighted by molar-refractivity contribution is -0.302. The Hall–Kier alpha value is -1.11. The fraction of sp³-hybridized carbons (Fsp3) is 0.929. The number of aliphatic hydroxyl groups excluding tert-OH is 6. The van der Waals surface area contributed by atoms with Crippen molar-refractivity contribution in [2.45, 2.75) is 236 Å². The van der Waals surface area contributed by atoms with Crippen LogP contribution in [0.1, 0.15) is 187 Å². The Morgan fingerprint density at radius 1 is 0.654 bits per heavy atom. The van der Waals surface area contributed by atoms with E-state index < -0.39 is 61.5 Å². The van der Waals surface area contributed by atoms with E-state index in [0.717, 1.165) is 44.9 Å². The number of amides is 1. The molecule has 1 saturated heterocycles. The Bertz CT molecular complexity index is 844. The predicted octanol–water partition coefficient (Wildman–Crippen LogP) is 7.14. The monoisotopic (exact) mass is 744 g/mol. The highest BCUT2D eigenvalue weighted by Crippen LogP contribution is 2.23. The van der Waals surface area contributed by atoms with E-state index in [1.807, 2.05) is 6.08 Å². The van der Waals surface area contributed by atoms with E-state index in [-0.39, 0.29) is 6.61 Å². The Balaban J connectivity index is 2.47. The molecule has 1 rings (SSSR count). The van der Waals surface area contributed by atoms with Crippen LogP contribution in [0.2, 0.25) is 0 Å². The Labute approximate surface area is 317 Å². The van der Waals surface area contributed by atoms with Crippen LogP contribution >= 0.6 is 0 Å². The summed E-state index contributed by atoms with van der Waals surface area (Å²) in [6.45, 7) is 3.59. The van der Waals surface area contributed by atoms with Crippen LogP contribution in [-0.2, 0) is 14.3 Å². The lowest BCUT2D eigenvalue weighted by Crippen LogP contribution is -2.60. The quantitative estimate of drug-likeness (QED) is 0.0264. The first kappa shape index (κ1) is 48.9. The summed E-state index contributed by atoms with van der Waals surface area (Å²) in [4.78, 5) is 13.0. The maximum Gasteiger partial charge on any atom is 0.249 e. The number of hydrogen-bond donors (Lipinski definition) is 7. The molecule has 7 N–H and O–H groups in total. The molecule has 1 fully saturated rings. The number of carbonyl (C=O) groups is 1. The zero-order valence-electron chi connectivity index (χ0n) is 33.2. The zero-order chi connectivity index (χ0) is 38.2. The third-order valence-corrected chi connectivity index (χ3v) is 10.5.